The maximum absolute atomic E-state index is 11.4. The molecule has 3 aromatic heterocycles. The van der Waals surface area contributed by atoms with Gasteiger partial charge in [-0.05, 0) is 0 Å². The normalized spacial score (nSPS) is 15.0. The highest BCUT2D eigenvalue weighted by Gasteiger charge is 2.39. The lowest BCUT2D eigenvalue weighted by Gasteiger charge is -1.90. The van der Waals surface area contributed by atoms with Crippen LogP contribution in [0.1, 0.15) is 20.7 Å². The lowest BCUT2D eigenvalue weighted by atomic mass is 10.1. The highest BCUT2D eigenvalue weighted by atomic mass is 16.6. The second-order valence-electron chi connectivity index (χ2n) is 3.50. The average molecular weight is 214 g/mol. The summed E-state index contributed by atoms with van der Waals surface area (Å²) in [5.41, 5.74) is 1.12. The van der Waals surface area contributed by atoms with Crippen molar-refractivity contribution in [3.05, 3.63) is 23.5 Å². The number of carbonyl (C=O) groups excluding carboxylic acids is 2. The summed E-state index contributed by atoms with van der Waals surface area (Å²) in [5.74, 6) is -1.32. The van der Waals surface area contributed by atoms with E-state index in [-0.39, 0.29) is 11.1 Å². The Morgan fingerprint density at radius 1 is 0.875 bits per heavy atom. The van der Waals surface area contributed by atoms with Crippen molar-refractivity contribution in [1.82, 2.24) is 10.2 Å². The molecule has 0 fully saturated rings. The van der Waals surface area contributed by atoms with E-state index in [4.69, 9.17) is 4.42 Å². The number of benzene rings is 1. The van der Waals surface area contributed by atoms with Gasteiger partial charge >= 0.3 is 11.9 Å². The molecule has 0 saturated heterocycles. The van der Waals surface area contributed by atoms with E-state index < -0.39 is 11.9 Å². The fourth-order valence-electron chi connectivity index (χ4n) is 2.07. The van der Waals surface area contributed by atoms with Crippen LogP contribution in [-0.2, 0) is 4.74 Å². The van der Waals surface area contributed by atoms with Crippen LogP contribution in [0.4, 0.5) is 0 Å². The van der Waals surface area contributed by atoms with Gasteiger partial charge in [0.15, 0.2) is 11.2 Å². The van der Waals surface area contributed by atoms with Crippen molar-refractivity contribution in [2.75, 3.05) is 0 Å². The van der Waals surface area contributed by atoms with E-state index >= 15 is 0 Å². The summed E-state index contributed by atoms with van der Waals surface area (Å²) in [6, 6.07) is 0. The number of fused-ring (bicyclic) bond motifs is 8. The first-order valence-electron chi connectivity index (χ1n) is 4.52. The topological polar surface area (TPSA) is 82.3 Å². The Bertz CT molecular complexity index is 711. The summed E-state index contributed by atoms with van der Waals surface area (Å²) >= 11 is 0. The first kappa shape index (κ1) is 7.75. The van der Waals surface area contributed by atoms with E-state index in [1.54, 1.807) is 0 Å². The van der Waals surface area contributed by atoms with Crippen molar-refractivity contribution in [3.8, 4) is 0 Å². The second-order valence-corrected chi connectivity index (χ2v) is 3.50. The molecule has 1 aliphatic heterocycles. The Labute approximate surface area is 87.1 Å². The van der Waals surface area contributed by atoms with Gasteiger partial charge in [0.05, 0.1) is 23.2 Å². The molecule has 16 heavy (non-hydrogen) atoms. The van der Waals surface area contributed by atoms with Crippen LogP contribution in [0.3, 0.4) is 0 Å². The summed E-state index contributed by atoms with van der Waals surface area (Å²) in [7, 11) is 0. The fourth-order valence-corrected chi connectivity index (χ4v) is 2.07. The molecule has 0 N–H and O–H groups in total. The summed E-state index contributed by atoms with van der Waals surface area (Å²) in [4.78, 5) is 22.8. The number of esters is 2. The highest BCUT2D eigenvalue weighted by Crippen LogP contribution is 2.41. The second kappa shape index (κ2) is 2.19. The number of ether oxygens (including phenoxy) is 1. The molecule has 0 amide bonds. The molecule has 4 heterocycles. The van der Waals surface area contributed by atoms with E-state index in [0.717, 1.165) is 0 Å². The van der Waals surface area contributed by atoms with Gasteiger partial charge in [0, 0.05) is 0 Å². The Morgan fingerprint density at radius 2 is 1.38 bits per heavy atom. The predicted octanol–water partition coefficient (Wildman–Crippen LogP) is 1.12. The maximum Gasteiger partial charge on any atom is 0.350 e. The van der Waals surface area contributed by atoms with Gasteiger partial charge in [-0.2, -0.15) is 10.2 Å². The van der Waals surface area contributed by atoms with Gasteiger partial charge in [-0.15, -0.1) is 0 Å². The van der Waals surface area contributed by atoms with Crippen LogP contribution in [0.25, 0.3) is 21.9 Å². The van der Waals surface area contributed by atoms with Gasteiger partial charge in [0.2, 0.25) is 0 Å². The van der Waals surface area contributed by atoms with E-state index in [1.165, 1.54) is 12.4 Å². The number of hydrogen-bond donors (Lipinski definition) is 0. The molecule has 76 valence electrons. The molecule has 0 radical (unpaired) electrons. The average Bonchev–Trinajstić information content (AvgIpc) is 2.91. The van der Waals surface area contributed by atoms with Crippen molar-refractivity contribution >= 4 is 33.9 Å². The SMILES string of the molecule is O=C1OC(=O)c2c1c1oc2c2cnncc12. The summed E-state index contributed by atoms with van der Waals surface area (Å²) in [5, 5.41) is 8.77. The van der Waals surface area contributed by atoms with E-state index in [9.17, 15) is 9.59 Å². The number of hydrogen-bond acceptors (Lipinski definition) is 6. The molecule has 0 saturated carbocycles. The van der Waals surface area contributed by atoms with Gasteiger partial charge in [0.25, 0.3) is 0 Å². The molecule has 0 aromatic carbocycles. The summed E-state index contributed by atoms with van der Waals surface area (Å²) in [6.45, 7) is 0. The number of carbonyl (C=O) groups is 2. The molecular formula is C10H2N2O4. The van der Waals surface area contributed by atoms with E-state index in [2.05, 4.69) is 14.9 Å². The van der Waals surface area contributed by atoms with Crippen molar-refractivity contribution < 1.29 is 18.7 Å². The molecule has 1 aliphatic rings. The molecule has 3 aromatic rings. The van der Waals surface area contributed by atoms with Crippen LogP contribution in [0.15, 0.2) is 16.8 Å². The van der Waals surface area contributed by atoms with Gasteiger partial charge in [-0.25, -0.2) is 9.59 Å². The van der Waals surface area contributed by atoms with Crippen LogP contribution in [0.5, 0.6) is 0 Å². The number of cyclic esters (lactones) is 2. The van der Waals surface area contributed by atoms with Crippen LogP contribution in [0.2, 0.25) is 0 Å². The van der Waals surface area contributed by atoms with E-state index in [1.807, 2.05) is 0 Å². The van der Waals surface area contributed by atoms with Crippen LogP contribution < -0.4 is 0 Å². The monoisotopic (exact) mass is 214 g/mol. The highest BCUT2D eigenvalue weighted by molar-refractivity contribution is 6.29. The molecule has 0 spiro atoms. The lowest BCUT2D eigenvalue weighted by molar-refractivity contribution is 0.0443. The first-order chi connectivity index (χ1) is 7.77. The van der Waals surface area contributed by atoms with Gasteiger partial charge in [-0.3, -0.25) is 0 Å². The summed E-state index contributed by atoms with van der Waals surface area (Å²) in [6.07, 6.45) is 3.00. The largest absolute Gasteiger partial charge is 0.454 e. The molecule has 0 unspecified atom stereocenters. The first-order valence-corrected chi connectivity index (χ1v) is 4.52. The molecule has 0 atom stereocenters. The standard InChI is InChI=1S/C10H2N2O4/c13-9-5-6(10(14)16-9)8-4-2-12-11-1-3(4)7(5)15-8/h1-2H. The Balaban J connectivity index is 2.32. The zero-order valence-corrected chi connectivity index (χ0v) is 7.68. The minimum absolute atomic E-state index is 0.209. The Morgan fingerprint density at radius 3 is 1.88 bits per heavy atom. The van der Waals surface area contributed by atoms with Gasteiger partial charge in [-0.1, -0.05) is 0 Å². The smallest absolute Gasteiger partial charge is 0.350 e. The molecule has 4 rings (SSSR count). The van der Waals surface area contributed by atoms with E-state index in [0.29, 0.717) is 21.9 Å². The van der Waals surface area contributed by atoms with Crippen LogP contribution >= 0.6 is 0 Å². The number of aromatic nitrogens is 2. The molecule has 6 nitrogen and oxygen atoms in total. The number of rotatable bonds is 0. The van der Waals surface area contributed by atoms with Gasteiger partial charge in [0.1, 0.15) is 11.1 Å². The number of nitrogens with zero attached hydrogens (tertiary/aromatic N) is 2. The minimum Gasteiger partial charge on any atom is -0.454 e. The molecule has 2 bridgehead atoms. The molecular weight excluding hydrogens is 212 g/mol. The third kappa shape index (κ3) is 0.640. The minimum atomic E-state index is -0.660. The third-order valence-electron chi connectivity index (χ3n) is 2.72. The number of furan rings is 2. The Hall–Kier alpha value is -2.50. The quantitative estimate of drug-likeness (QED) is 0.412. The van der Waals surface area contributed by atoms with Crippen molar-refractivity contribution in [2.24, 2.45) is 0 Å². The van der Waals surface area contributed by atoms with Crippen molar-refractivity contribution in [2.45, 2.75) is 0 Å². The molecule has 6 heteroatoms. The van der Waals surface area contributed by atoms with Crippen LogP contribution in [-0.4, -0.2) is 22.1 Å². The van der Waals surface area contributed by atoms with Crippen molar-refractivity contribution in [3.63, 3.8) is 0 Å². The van der Waals surface area contributed by atoms with Gasteiger partial charge < -0.3 is 9.15 Å². The lowest BCUT2D eigenvalue weighted by Crippen LogP contribution is -1.97. The van der Waals surface area contributed by atoms with Crippen LogP contribution in [0, 0.1) is 0 Å². The molecule has 0 aliphatic carbocycles. The zero-order chi connectivity index (χ0) is 10.9. The fraction of sp³-hybridized carbons (Fsp3) is 0. The maximum atomic E-state index is 11.4. The summed E-state index contributed by atoms with van der Waals surface area (Å²) < 4.78 is 9.93. The van der Waals surface area contributed by atoms with Crippen molar-refractivity contribution in [1.29, 1.82) is 0 Å². The Kier molecular flexibility index (Phi) is 1.06. The zero-order valence-electron chi connectivity index (χ0n) is 7.68. The predicted molar refractivity (Wildman–Crippen MR) is 50.2 cm³/mol. The third-order valence-corrected chi connectivity index (χ3v) is 2.72.